The van der Waals surface area contributed by atoms with E-state index in [1.165, 1.54) is 5.56 Å². The van der Waals surface area contributed by atoms with Crippen LogP contribution in [0.1, 0.15) is 12.5 Å². The molecule has 0 saturated heterocycles. The van der Waals surface area contributed by atoms with E-state index in [1.54, 1.807) is 13.2 Å². The SMILES string of the molecule is CCc1ccc(NC(=O)NCCOc2cccc(OC)c2)cc1. The van der Waals surface area contributed by atoms with Crippen molar-refractivity contribution < 1.29 is 14.3 Å². The monoisotopic (exact) mass is 314 g/mol. The number of ether oxygens (including phenoxy) is 2. The topological polar surface area (TPSA) is 59.6 Å². The Bertz CT molecular complexity index is 626. The van der Waals surface area contributed by atoms with Crippen LogP contribution in [0.15, 0.2) is 48.5 Å². The molecule has 2 aromatic rings. The van der Waals surface area contributed by atoms with Gasteiger partial charge in [-0.15, -0.1) is 0 Å². The number of hydrogen-bond donors (Lipinski definition) is 2. The van der Waals surface area contributed by atoms with Crippen LogP contribution in [0.25, 0.3) is 0 Å². The molecule has 0 unspecified atom stereocenters. The number of rotatable bonds is 7. The number of methoxy groups -OCH3 is 1. The molecule has 5 heteroatoms. The van der Waals surface area contributed by atoms with Crippen LogP contribution in [0, 0.1) is 0 Å². The van der Waals surface area contributed by atoms with Gasteiger partial charge >= 0.3 is 6.03 Å². The Kier molecular flexibility index (Phi) is 6.29. The molecule has 0 atom stereocenters. The molecule has 5 nitrogen and oxygen atoms in total. The number of carbonyl (C=O) groups excluding carboxylic acids is 1. The molecule has 2 aromatic carbocycles. The van der Waals surface area contributed by atoms with Crippen molar-refractivity contribution in [3.05, 3.63) is 54.1 Å². The second-order valence-corrected chi connectivity index (χ2v) is 4.96. The molecule has 0 aliphatic carbocycles. The maximum absolute atomic E-state index is 11.8. The van der Waals surface area contributed by atoms with Gasteiger partial charge in [-0.2, -0.15) is 0 Å². The minimum absolute atomic E-state index is 0.247. The molecule has 122 valence electrons. The standard InChI is InChI=1S/C18H22N2O3/c1-3-14-7-9-15(10-8-14)20-18(21)19-11-12-23-17-6-4-5-16(13-17)22-2/h4-10,13H,3,11-12H2,1-2H3,(H2,19,20,21). The number of benzene rings is 2. The Morgan fingerprint density at radius 3 is 2.52 bits per heavy atom. The van der Waals surface area contributed by atoms with Crippen LogP contribution in [0.2, 0.25) is 0 Å². The summed E-state index contributed by atoms with van der Waals surface area (Å²) in [6.45, 7) is 2.89. The molecule has 2 N–H and O–H groups in total. The van der Waals surface area contributed by atoms with E-state index in [1.807, 2.05) is 42.5 Å². The van der Waals surface area contributed by atoms with Crippen molar-refractivity contribution in [2.75, 3.05) is 25.6 Å². The smallest absolute Gasteiger partial charge is 0.319 e. The average molecular weight is 314 g/mol. The second kappa shape index (κ2) is 8.68. The normalized spacial score (nSPS) is 10.0. The highest BCUT2D eigenvalue weighted by Crippen LogP contribution is 2.18. The summed E-state index contributed by atoms with van der Waals surface area (Å²) in [5.41, 5.74) is 2.01. The average Bonchev–Trinajstić information content (AvgIpc) is 2.59. The summed E-state index contributed by atoms with van der Waals surface area (Å²) in [7, 11) is 1.61. The summed E-state index contributed by atoms with van der Waals surface area (Å²) in [5, 5.41) is 5.54. The fourth-order valence-electron chi connectivity index (χ4n) is 2.02. The van der Waals surface area contributed by atoms with Gasteiger partial charge in [-0.3, -0.25) is 0 Å². The van der Waals surface area contributed by atoms with Gasteiger partial charge in [0.05, 0.1) is 13.7 Å². The van der Waals surface area contributed by atoms with E-state index >= 15 is 0 Å². The zero-order chi connectivity index (χ0) is 16.5. The van der Waals surface area contributed by atoms with Crippen LogP contribution in [0.5, 0.6) is 11.5 Å². The lowest BCUT2D eigenvalue weighted by Crippen LogP contribution is -2.32. The number of anilines is 1. The number of aryl methyl sites for hydroxylation is 1. The van der Waals surface area contributed by atoms with Gasteiger partial charge in [0.2, 0.25) is 0 Å². The molecule has 0 saturated carbocycles. The highest BCUT2D eigenvalue weighted by molar-refractivity contribution is 5.89. The van der Waals surface area contributed by atoms with Gasteiger partial charge in [0.25, 0.3) is 0 Å². The molecule has 0 radical (unpaired) electrons. The van der Waals surface area contributed by atoms with Crippen LogP contribution < -0.4 is 20.1 Å². The zero-order valence-electron chi connectivity index (χ0n) is 13.5. The molecule has 23 heavy (non-hydrogen) atoms. The minimum atomic E-state index is -0.247. The molecule has 0 aliphatic rings. The van der Waals surface area contributed by atoms with E-state index in [9.17, 15) is 4.79 Å². The molecule has 0 bridgehead atoms. The largest absolute Gasteiger partial charge is 0.497 e. The summed E-state index contributed by atoms with van der Waals surface area (Å²) in [6.07, 6.45) is 0.980. The summed E-state index contributed by atoms with van der Waals surface area (Å²) in [6, 6.07) is 14.9. The van der Waals surface area contributed by atoms with Crippen LogP contribution in [-0.2, 0) is 6.42 Å². The lowest BCUT2D eigenvalue weighted by molar-refractivity contribution is 0.247. The highest BCUT2D eigenvalue weighted by Gasteiger charge is 2.02. The third-order valence-corrected chi connectivity index (χ3v) is 3.32. The molecular weight excluding hydrogens is 292 g/mol. The van der Waals surface area contributed by atoms with Gasteiger partial charge in [-0.05, 0) is 36.2 Å². The van der Waals surface area contributed by atoms with E-state index in [-0.39, 0.29) is 6.03 Å². The first kappa shape index (κ1) is 16.7. The quantitative estimate of drug-likeness (QED) is 0.770. The van der Waals surface area contributed by atoms with E-state index in [4.69, 9.17) is 9.47 Å². The fourth-order valence-corrected chi connectivity index (χ4v) is 2.02. The van der Waals surface area contributed by atoms with Crippen molar-refractivity contribution in [1.29, 1.82) is 0 Å². The Morgan fingerprint density at radius 2 is 1.83 bits per heavy atom. The van der Waals surface area contributed by atoms with Crippen molar-refractivity contribution in [1.82, 2.24) is 5.32 Å². The first-order valence-electron chi connectivity index (χ1n) is 7.62. The van der Waals surface area contributed by atoms with Crippen LogP contribution >= 0.6 is 0 Å². The molecular formula is C18H22N2O3. The van der Waals surface area contributed by atoms with E-state index in [0.29, 0.717) is 18.9 Å². The summed E-state index contributed by atoms with van der Waals surface area (Å²) in [5.74, 6) is 1.45. The van der Waals surface area contributed by atoms with Crippen LogP contribution in [-0.4, -0.2) is 26.3 Å². The van der Waals surface area contributed by atoms with Crippen molar-refractivity contribution in [3.8, 4) is 11.5 Å². The number of hydrogen-bond acceptors (Lipinski definition) is 3. The molecule has 0 fully saturated rings. The van der Waals surface area contributed by atoms with Gasteiger partial charge in [-0.1, -0.05) is 25.1 Å². The van der Waals surface area contributed by atoms with Gasteiger partial charge < -0.3 is 20.1 Å². The van der Waals surface area contributed by atoms with E-state index in [0.717, 1.165) is 17.9 Å². The molecule has 0 aliphatic heterocycles. The Hall–Kier alpha value is -2.69. The third-order valence-electron chi connectivity index (χ3n) is 3.32. The molecule has 2 amide bonds. The van der Waals surface area contributed by atoms with E-state index < -0.39 is 0 Å². The van der Waals surface area contributed by atoms with Crippen molar-refractivity contribution >= 4 is 11.7 Å². The zero-order valence-corrected chi connectivity index (χ0v) is 13.5. The van der Waals surface area contributed by atoms with Gasteiger partial charge in [-0.25, -0.2) is 4.79 Å². The van der Waals surface area contributed by atoms with Gasteiger partial charge in [0, 0.05) is 11.8 Å². The predicted octanol–water partition coefficient (Wildman–Crippen LogP) is 3.46. The summed E-state index contributed by atoms with van der Waals surface area (Å²) in [4.78, 5) is 11.8. The van der Waals surface area contributed by atoms with Crippen LogP contribution in [0.3, 0.4) is 0 Å². The number of nitrogens with one attached hydrogen (secondary N) is 2. The Labute approximate surface area is 136 Å². The van der Waals surface area contributed by atoms with Crippen molar-refractivity contribution in [2.45, 2.75) is 13.3 Å². The number of urea groups is 1. The minimum Gasteiger partial charge on any atom is -0.497 e. The number of amides is 2. The van der Waals surface area contributed by atoms with Crippen LogP contribution in [0.4, 0.5) is 10.5 Å². The molecule has 0 aromatic heterocycles. The maximum Gasteiger partial charge on any atom is 0.319 e. The first-order valence-corrected chi connectivity index (χ1v) is 7.62. The molecule has 0 spiro atoms. The molecule has 2 rings (SSSR count). The summed E-state index contributed by atoms with van der Waals surface area (Å²) < 4.78 is 10.7. The second-order valence-electron chi connectivity index (χ2n) is 4.96. The highest BCUT2D eigenvalue weighted by atomic mass is 16.5. The Balaban J connectivity index is 1.69. The van der Waals surface area contributed by atoms with Crippen molar-refractivity contribution in [2.24, 2.45) is 0 Å². The molecule has 0 heterocycles. The first-order chi connectivity index (χ1) is 11.2. The van der Waals surface area contributed by atoms with E-state index in [2.05, 4.69) is 17.6 Å². The maximum atomic E-state index is 11.8. The number of carbonyl (C=O) groups is 1. The van der Waals surface area contributed by atoms with Gasteiger partial charge in [0.1, 0.15) is 18.1 Å². The van der Waals surface area contributed by atoms with Gasteiger partial charge in [0.15, 0.2) is 0 Å². The Morgan fingerprint density at radius 1 is 1.09 bits per heavy atom. The predicted molar refractivity (Wildman–Crippen MR) is 91.3 cm³/mol. The summed E-state index contributed by atoms with van der Waals surface area (Å²) >= 11 is 0. The lowest BCUT2D eigenvalue weighted by Gasteiger charge is -2.10. The fraction of sp³-hybridized carbons (Fsp3) is 0.278. The lowest BCUT2D eigenvalue weighted by atomic mass is 10.1. The van der Waals surface area contributed by atoms with Crippen molar-refractivity contribution in [3.63, 3.8) is 0 Å². The third kappa shape index (κ3) is 5.54.